The SMILES string of the molecule is Cc1ccccc1C1CCN(Cc2ccc(C(=O)O)cc2)C1. The highest BCUT2D eigenvalue weighted by molar-refractivity contribution is 5.87. The van der Waals surface area contributed by atoms with Gasteiger partial charge in [0.15, 0.2) is 0 Å². The molecule has 1 saturated heterocycles. The van der Waals surface area contributed by atoms with E-state index in [9.17, 15) is 4.79 Å². The number of nitrogens with zero attached hydrogens (tertiary/aromatic N) is 1. The van der Waals surface area contributed by atoms with Crippen molar-refractivity contribution < 1.29 is 9.90 Å². The van der Waals surface area contributed by atoms with Gasteiger partial charge in [0.1, 0.15) is 0 Å². The van der Waals surface area contributed by atoms with E-state index in [0.29, 0.717) is 11.5 Å². The van der Waals surface area contributed by atoms with Crippen LogP contribution < -0.4 is 0 Å². The minimum absolute atomic E-state index is 0.350. The summed E-state index contributed by atoms with van der Waals surface area (Å²) in [7, 11) is 0. The van der Waals surface area contributed by atoms with Gasteiger partial charge >= 0.3 is 5.97 Å². The average Bonchev–Trinajstić information content (AvgIpc) is 2.96. The van der Waals surface area contributed by atoms with Gasteiger partial charge < -0.3 is 5.11 Å². The van der Waals surface area contributed by atoms with E-state index >= 15 is 0 Å². The fourth-order valence-electron chi connectivity index (χ4n) is 3.29. The molecule has 0 amide bonds. The van der Waals surface area contributed by atoms with Gasteiger partial charge in [-0.1, -0.05) is 36.4 Å². The summed E-state index contributed by atoms with van der Waals surface area (Å²) in [6, 6.07) is 15.9. The van der Waals surface area contributed by atoms with Gasteiger partial charge in [-0.2, -0.15) is 0 Å². The van der Waals surface area contributed by atoms with Gasteiger partial charge in [0.05, 0.1) is 5.56 Å². The number of aromatic carboxylic acids is 1. The highest BCUT2D eigenvalue weighted by Crippen LogP contribution is 2.30. The molecule has 0 aliphatic carbocycles. The molecule has 3 rings (SSSR count). The Morgan fingerprint density at radius 2 is 1.91 bits per heavy atom. The lowest BCUT2D eigenvalue weighted by Crippen LogP contribution is -2.20. The molecule has 0 aromatic heterocycles. The Bertz CT molecular complexity index is 663. The van der Waals surface area contributed by atoms with Gasteiger partial charge in [-0.3, -0.25) is 4.90 Å². The number of hydrogen-bond donors (Lipinski definition) is 1. The molecule has 1 aliphatic rings. The summed E-state index contributed by atoms with van der Waals surface area (Å²) >= 11 is 0. The van der Waals surface area contributed by atoms with Gasteiger partial charge in [-0.15, -0.1) is 0 Å². The first-order chi connectivity index (χ1) is 10.6. The number of carbonyl (C=O) groups is 1. The monoisotopic (exact) mass is 295 g/mol. The Morgan fingerprint density at radius 1 is 1.18 bits per heavy atom. The van der Waals surface area contributed by atoms with Crippen LogP contribution >= 0.6 is 0 Å². The summed E-state index contributed by atoms with van der Waals surface area (Å²) in [6.07, 6.45) is 1.19. The van der Waals surface area contributed by atoms with Crippen LogP contribution in [0.15, 0.2) is 48.5 Å². The summed E-state index contributed by atoms with van der Waals surface area (Å²) in [5, 5.41) is 8.94. The molecule has 1 aliphatic heterocycles. The van der Waals surface area contributed by atoms with Crippen molar-refractivity contribution in [2.45, 2.75) is 25.8 Å². The molecule has 22 heavy (non-hydrogen) atoms. The van der Waals surface area contributed by atoms with Crippen molar-refractivity contribution in [1.29, 1.82) is 0 Å². The molecular formula is C19H21NO2. The number of benzene rings is 2. The second-order valence-corrected chi connectivity index (χ2v) is 6.08. The van der Waals surface area contributed by atoms with Crippen LogP contribution in [0.5, 0.6) is 0 Å². The van der Waals surface area contributed by atoms with E-state index in [4.69, 9.17) is 5.11 Å². The first kappa shape index (κ1) is 14.8. The van der Waals surface area contributed by atoms with E-state index < -0.39 is 5.97 Å². The largest absolute Gasteiger partial charge is 0.478 e. The van der Waals surface area contributed by atoms with Gasteiger partial charge in [0.2, 0.25) is 0 Å². The minimum atomic E-state index is -0.868. The van der Waals surface area contributed by atoms with Crippen LogP contribution in [-0.2, 0) is 6.54 Å². The lowest BCUT2D eigenvalue weighted by atomic mass is 9.94. The zero-order chi connectivity index (χ0) is 15.5. The van der Waals surface area contributed by atoms with Gasteiger partial charge in [-0.25, -0.2) is 4.79 Å². The Labute approximate surface area is 131 Å². The normalized spacial score (nSPS) is 18.5. The standard InChI is InChI=1S/C19H21NO2/c1-14-4-2-3-5-18(14)17-10-11-20(13-17)12-15-6-8-16(9-7-15)19(21)22/h2-9,17H,10-13H2,1H3,(H,21,22). The number of carboxylic acid groups (broad SMARTS) is 1. The predicted octanol–water partition coefficient (Wildman–Crippen LogP) is 3.68. The highest BCUT2D eigenvalue weighted by atomic mass is 16.4. The van der Waals surface area contributed by atoms with E-state index in [1.54, 1.807) is 12.1 Å². The minimum Gasteiger partial charge on any atom is -0.478 e. The third-order valence-electron chi connectivity index (χ3n) is 4.51. The maximum absolute atomic E-state index is 10.9. The van der Waals surface area contributed by atoms with Crippen molar-refractivity contribution >= 4 is 5.97 Å². The molecule has 3 nitrogen and oxygen atoms in total. The van der Waals surface area contributed by atoms with Crippen molar-refractivity contribution in [1.82, 2.24) is 4.90 Å². The number of aryl methyl sites for hydroxylation is 1. The van der Waals surface area contributed by atoms with Crippen molar-refractivity contribution in [3.8, 4) is 0 Å². The first-order valence-corrected chi connectivity index (χ1v) is 7.73. The topological polar surface area (TPSA) is 40.5 Å². The highest BCUT2D eigenvalue weighted by Gasteiger charge is 2.24. The Kier molecular flexibility index (Phi) is 4.25. The van der Waals surface area contributed by atoms with Crippen molar-refractivity contribution in [2.75, 3.05) is 13.1 Å². The second-order valence-electron chi connectivity index (χ2n) is 6.08. The van der Waals surface area contributed by atoms with Crippen LogP contribution in [0, 0.1) is 6.92 Å². The van der Waals surface area contributed by atoms with Crippen molar-refractivity contribution in [2.24, 2.45) is 0 Å². The Balaban J connectivity index is 1.63. The van der Waals surface area contributed by atoms with E-state index in [0.717, 1.165) is 19.6 Å². The van der Waals surface area contributed by atoms with Crippen LogP contribution in [0.4, 0.5) is 0 Å². The molecule has 0 radical (unpaired) electrons. The summed E-state index contributed by atoms with van der Waals surface area (Å²) in [5.41, 5.74) is 4.37. The molecule has 0 spiro atoms. The third-order valence-corrected chi connectivity index (χ3v) is 4.51. The van der Waals surface area contributed by atoms with Crippen molar-refractivity contribution in [3.05, 3.63) is 70.8 Å². The van der Waals surface area contributed by atoms with Gasteiger partial charge in [0.25, 0.3) is 0 Å². The Hall–Kier alpha value is -2.13. The van der Waals surface area contributed by atoms with Crippen LogP contribution in [0.25, 0.3) is 0 Å². The molecule has 1 atom stereocenters. The maximum atomic E-state index is 10.9. The van der Waals surface area contributed by atoms with E-state index in [2.05, 4.69) is 36.1 Å². The molecule has 1 N–H and O–H groups in total. The molecule has 1 heterocycles. The molecule has 114 valence electrons. The number of rotatable bonds is 4. The lowest BCUT2D eigenvalue weighted by molar-refractivity contribution is 0.0697. The zero-order valence-corrected chi connectivity index (χ0v) is 12.8. The van der Waals surface area contributed by atoms with E-state index in [1.165, 1.54) is 23.1 Å². The van der Waals surface area contributed by atoms with Crippen LogP contribution in [0.3, 0.4) is 0 Å². The lowest BCUT2D eigenvalue weighted by Gasteiger charge is -2.17. The predicted molar refractivity (Wildman–Crippen MR) is 87.2 cm³/mol. The summed E-state index contributed by atoms with van der Waals surface area (Å²) in [6.45, 7) is 5.25. The molecule has 1 fully saturated rings. The van der Waals surface area contributed by atoms with Gasteiger partial charge in [0, 0.05) is 13.1 Å². The average molecular weight is 295 g/mol. The van der Waals surface area contributed by atoms with Crippen LogP contribution in [0.1, 0.15) is 39.4 Å². The Morgan fingerprint density at radius 3 is 2.59 bits per heavy atom. The molecular weight excluding hydrogens is 274 g/mol. The first-order valence-electron chi connectivity index (χ1n) is 7.73. The summed E-state index contributed by atoms with van der Waals surface area (Å²) in [5.74, 6) is -0.258. The molecule has 2 aromatic carbocycles. The summed E-state index contributed by atoms with van der Waals surface area (Å²) in [4.78, 5) is 13.3. The van der Waals surface area contributed by atoms with Crippen LogP contribution in [-0.4, -0.2) is 29.1 Å². The fraction of sp³-hybridized carbons (Fsp3) is 0.316. The van der Waals surface area contributed by atoms with E-state index in [1.807, 2.05) is 12.1 Å². The summed E-state index contributed by atoms with van der Waals surface area (Å²) < 4.78 is 0. The molecule has 2 aromatic rings. The molecule has 1 unspecified atom stereocenters. The smallest absolute Gasteiger partial charge is 0.335 e. The molecule has 0 saturated carbocycles. The van der Waals surface area contributed by atoms with E-state index in [-0.39, 0.29) is 0 Å². The second kappa shape index (κ2) is 6.32. The molecule has 0 bridgehead atoms. The number of carboxylic acids is 1. The fourth-order valence-corrected chi connectivity index (χ4v) is 3.29. The van der Waals surface area contributed by atoms with Crippen molar-refractivity contribution in [3.63, 3.8) is 0 Å². The van der Waals surface area contributed by atoms with Gasteiger partial charge in [-0.05, 0) is 54.6 Å². The number of hydrogen-bond acceptors (Lipinski definition) is 2. The maximum Gasteiger partial charge on any atom is 0.335 e. The zero-order valence-electron chi connectivity index (χ0n) is 12.8. The van der Waals surface area contributed by atoms with Crippen LogP contribution in [0.2, 0.25) is 0 Å². The number of likely N-dealkylation sites (tertiary alicyclic amines) is 1. The third kappa shape index (κ3) is 3.20. The molecule has 3 heteroatoms. The quantitative estimate of drug-likeness (QED) is 0.935.